The van der Waals surface area contributed by atoms with E-state index in [2.05, 4.69) is 0 Å². The van der Waals surface area contributed by atoms with Gasteiger partial charge < -0.3 is 0 Å². The minimum atomic E-state index is -0.726. The fourth-order valence-electron chi connectivity index (χ4n) is 3.06. The Labute approximate surface area is 142 Å². The molecule has 1 aliphatic rings. The smallest absolute Gasteiger partial charge is 0.238 e. The van der Waals surface area contributed by atoms with Crippen molar-refractivity contribution in [1.29, 1.82) is 0 Å². The average Bonchev–Trinajstić information content (AvgIpc) is 2.96. The predicted molar refractivity (Wildman–Crippen MR) is 93.0 cm³/mol. The minimum absolute atomic E-state index is 0.115. The summed E-state index contributed by atoms with van der Waals surface area (Å²) in [4.78, 5) is 13.8. The summed E-state index contributed by atoms with van der Waals surface area (Å²) >= 11 is 1.45. The second-order valence-corrected chi connectivity index (χ2v) is 6.66. The molecular formula is C19H13F2NOS. The zero-order valence-corrected chi connectivity index (χ0v) is 13.4. The Morgan fingerprint density at radius 3 is 2.62 bits per heavy atom. The van der Waals surface area contributed by atoms with Crippen molar-refractivity contribution in [2.45, 2.75) is 5.37 Å². The van der Waals surface area contributed by atoms with Gasteiger partial charge in [0.1, 0.15) is 17.0 Å². The molecule has 0 radical (unpaired) electrons. The largest absolute Gasteiger partial charge is 0.292 e. The molecule has 120 valence electrons. The van der Waals surface area contributed by atoms with Gasteiger partial charge in [-0.2, -0.15) is 0 Å². The molecule has 3 aromatic rings. The first-order chi connectivity index (χ1) is 11.6. The first kappa shape index (κ1) is 15.1. The van der Waals surface area contributed by atoms with Crippen LogP contribution in [0.25, 0.3) is 10.8 Å². The van der Waals surface area contributed by atoms with E-state index >= 15 is 0 Å². The highest BCUT2D eigenvalue weighted by Gasteiger charge is 2.36. The summed E-state index contributed by atoms with van der Waals surface area (Å²) in [6, 6.07) is 17.1. The topological polar surface area (TPSA) is 20.3 Å². The molecule has 5 heteroatoms. The van der Waals surface area contributed by atoms with Crippen molar-refractivity contribution in [3.8, 4) is 0 Å². The number of anilines is 1. The van der Waals surface area contributed by atoms with Crippen molar-refractivity contribution in [3.05, 3.63) is 77.9 Å². The van der Waals surface area contributed by atoms with Gasteiger partial charge in [0.05, 0.1) is 11.4 Å². The van der Waals surface area contributed by atoms with Crippen molar-refractivity contribution < 1.29 is 13.6 Å². The van der Waals surface area contributed by atoms with Crippen LogP contribution in [-0.2, 0) is 4.79 Å². The van der Waals surface area contributed by atoms with Crippen LogP contribution < -0.4 is 4.90 Å². The van der Waals surface area contributed by atoms with Gasteiger partial charge in [0.15, 0.2) is 0 Å². The molecule has 1 heterocycles. The van der Waals surface area contributed by atoms with E-state index < -0.39 is 11.6 Å². The Balaban J connectivity index is 1.86. The fourth-order valence-corrected chi connectivity index (χ4v) is 4.26. The highest BCUT2D eigenvalue weighted by molar-refractivity contribution is 8.00. The van der Waals surface area contributed by atoms with Crippen LogP contribution in [-0.4, -0.2) is 11.7 Å². The predicted octanol–water partition coefficient (Wildman–Crippen LogP) is 4.90. The number of hydrogen-bond acceptors (Lipinski definition) is 2. The summed E-state index contributed by atoms with van der Waals surface area (Å²) in [6.07, 6.45) is 0. The minimum Gasteiger partial charge on any atom is -0.292 e. The summed E-state index contributed by atoms with van der Waals surface area (Å²) < 4.78 is 27.4. The zero-order chi connectivity index (χ0) is 16.7. The van der Waals surface area contributed by atoms with Gasteiger partial charge in [-0.1, -0.05) is 42.5 Å². The van der Waals surface area contributed by atoms with E-state index in [9.17, 15) is 13.6 Å². The quantitative estimate of drug-likeness (QED) is 0.661. The third kappa shape index (κ3) is 2.45. The van der Waals surface area contributed by atoms with Crippen molar-refractivity contribution in [2.24, 2.45) is 0 Å². The fraction of sp³-hybridized carbons (Fsp3) is 0.105. The molecule has 1 saturated heterocycles. The molecule has 0 N–H and O–H groups in total. The molecule has 0 saturated carbocycles. The molecule has 0 aromatic heterocycles. The lowest BCUT2D eigenvalue weighted by molar-refractivity contribution is -0.115. The molecule has 1 fully saturated rings. The van der Waals surface area contributed by atoms with E-state index in [-0.39, 0.29) is 22.7 Å². The summed E-state index contributed by atoms with van der Waals surface area (Å²) in [5.74, 6) is -1.29. The van der Waals surface area contributed by atoms with Crippen molar-refractivity contribution in [1.82, 2.24) is 0 Å². The molecule has 4 rings (SSSR count). The van der Waals surface area contributed by atoms with Crippen LogP contribution in [0.15, 0.2) is 60.7 Å². The molecule has 24 heavy (non-hydrogen) atoms. The lowest BCUT2D eigenvalue weighted by Gasteiger charge is -2.25. The van der Waals surface area contributed by atoms with Gasteiger partial charge in [0.2, 0.25) is 5.91 Å². The number of carbonyl (C=O) groups excluding carboxylic acids is 1. The monoisotopic (exact) mass is 341 g/mol. The van der Waals surface area contributed by atoms with Crippen molar-refractivity contribution in [3.63, 3.8) is 0 Å². The molecular weight excluding hydrogens is 328 g/mol. The maximum absolute atomic E-state index is 14.2. The van der Waals surface area contributed by atoms with Gasteiger partial charge in [-0.15, -0.1) is 11.8 Å². The number of rotatable bonds is 2. The highest BCUT2D eigenvalue weighted by atomic mass is 32.2. The number of benzene rings is 3. The van der Waals surface area contributed by atoms with E-state index in [1.165, 1.54) is 28.8 Å². The summed E-state index contributed by atoms with van der Waals surface area (Å²) in [6.45, 7) is 0. The molecule has 3 aromatic carbocycles. The van der Waals surface area contributed by atoms with Gasteiger partial charge in [-0.25, -0.2) is 8.78 Å². The van der Waals surface area contributed by atoms with Gasteiger partial charge >= 0.3 is 0 Å². The third-order valence-corrected chi connectivity index (χ3v) is 5.32. The molecule has 1 amide bonds. The number of thioether (sulfide) groups is 1. The lowest BCUT2D eigenvalue weighted by atomic mass is 10.0. The molecule has 1 atom stereocenters. The number of carbonyl (C=O) groups is 1. The van der Waals surface area contributed by atoms with Gasteiger partial charge in [-0.3, -0.25) is 9.69 Å². The Morgan fingerprint density at radius 2 is 1.79 bits per heavy atom. The average molecular weight is 341 g/mol. The van der Waals surface area contributed by atoms with Crippen LogP contribution in [0.5, 0.6) is 0 Å². The Morgan fingerprint density at radius 1 is 1.00 bits per heavy atom. The summed E-state index contributed by atoms with van der Waals surface area (Å²) in [5, 5.41) is 1.76. The van der Waals surface area contributed by atoms with Crippen LogP contribution in [0, 0.1) is 11.6 Å². The van der Waals surface area contributed by atoms with E-state index in [1.807, 2.05) is 42.5 Å². The lowest BCUT2D eigenvalue weighted by Crippen LogP contribution is -2.28. The van der Waals surface area contributed by atoms with Crippen LogP contribution >= 0.6 is 11.8 Å². The molecule has 0 bridgehead atoms. The molecule has 2 nitrogen and oxygen atoms in total. The van der Waals surface area contributed by atoms with Crippen LogP contribution in [0.3, 0.4) is 0 Å². The van der Waals surface area contributed by atoms with E-state index in [4.69, 9.17) is 0 Å². The second kappa shape index (κ2) is 5.91. The van der Waals surface area contributed by atoms with Gasteiger partial charge in [-0.05, 0) is 28.5 Å². The Hall–Kier alpha value is -2.40. The Bertz CT molecular complexity index is 938. The highest BCUT2D eigenvalue weighted by Crippen LogP contribution is 2.44. The van der Waals surface area contributed by atoms with E-state index in [0.717, 1.165) is 22.4 Å². The maximum Gasteiger partial charge on any atom is 0.238 e. The molecule has 0 aliphatic carbocycles. The first-order valence-electron chi connectivity index (χ1n) is 7.51. The van der Waals surface area contributed by atoms with Gasteiger partial charge in [0.25, 0.3) is 0 Å². The number of halogens is 2. The van der Waals surface area contributed by atoms with Crippen LogP contribution in [0.1, 0.15) is 10.9 Å². The molecule has 0 spiro atoms. The SMILES string of the molecule is O=C1CSC(c2cccc3ccccc23)N1c1ccc(F)cc1F. The van der Waals surface area contributed by atoms with Crippen molar-refractivity contribution >= 4 is 34.1 Å². The normalized spacial score (nSPS) is 17.7. The summed E-state index contributed by atoms with van der Waals surface area (Å²) in [7, 11) is 0. The maximum atomic E-state index is 14.2. The van der Waals surface area contributed by atoms with Crippen LogP contribution in [0.4, 0.5) is 14.5 Å². The number of hydrogen-bond donors (Lipinski definition) is 0. The number of amides is 1. The molecule has 1 unspecified atom stereocenters. The van der Waals surface area contributed by atoms with Crippen molar-refractivity contribution in [2.75, 3.05) is 10.7 Å². The number of fused-ring (bicyclic) bond motifs is 1. The second-order valence-electron chi connectivity index (χ2n) is 5.59. The zero-order valence-electron chi connectivity index (χ0n) is 12.6. The van der Waals surface area contributed by atoms with Crippen LogP contribution in [0.2, 0.25) is 0 Å². The third-order valence-electron chi connectivity index (χ3n) is 4.13. The van der Waals surface area contributed by atoms with E-state index in [0.29, 0.717) is 0 Å². The van der Waals surface area contributed by atoms with E-state index in [1.54, 1.807) is 0 Å². The Kier molecular flexibility index (Phi) is 3.73. The van der Waals surface area contributed by atoms with Gasteiger partial charge in [0, 0.05) is 6.07 Å². The standard InChI is InChI=1S/C19H13F2NOS/c20-13-8-9-17(16(21)10-13)22-18(23)11-24-19(22)15-7-3-5-12-4-1-2-6-14(12)15/h1-10,19H,11H2. The molecule has 1 aliphatic heterocycles. The number of nitrogens with zero attached hydrogens (tertiary/aromatic N) is 1. The summed E-state index contributed by atoms with van der Waals surface area (Å²) in [5.41, 5.74) is 1.07. The first-order valence-corrected chi connectivity index (χ1v) is 8.56.